The van der Waals surface area contributed by atoms with Crippen LogP contribution in [-0.4, -0.2) is 22.9 Å². The number of nitrogens with zero attached hydrogens (tertiary/aromatic N) is 1. The number of para-hydroxylation sites is 1. The fraction of sp³-hybridized carbons (Fsp3) is 0.312. The van der Waals surface area contributed by atoms with Gasteiger partial charge in [0.25, 0.3) is 0 Å². The molecule has 3 aromatic carbocycles. The molecule has 2 aliphatic rings. The Morgan fingerprint density at radius 1 is 0.833 bits per heavy atom. The molecular formula is C32H34BNO2. The normalized spacial score (nSPS) is 20.5. The van der Waals surface area contributed by atoms with Gasteiger partial charge >= 0.3 is 7.12 Å². The monoisotopic (exact) mass is 475 g/mol. The Morgan fingerprint density at radius 2 is 1.50 bits per heavy atom. The molecule has 1 fully saturated rings. The van der Waals surface area contributed by atoms with Gasteiger partial charge in [-0.1, -0.05) is 61.5 Å². The van der Waals surface area contributed by atoms with Crippen molar-refractivity contribution < 1.29 is 9.31 Å². The van der Waals surface area contributed by atoms with Crippen LogP contribution >= 0.6 is 0 Å². The van der Waals surface area contributed by atoms with Crippen LogP contribution in [0, 0.1) is 0 Å². The van der Waals surface area contributed by atoms with Crippen LogP contribution in [0.3, 0.4) is 0 Å². The van der Waals surface area contributed by atoms with Gasteiger partial charge in [0, 0.05) is 16.8 Å². The maximum Gasteiger partial charge on any atom is 0.494 e. The smallest absolute Gasteiger partial charge is 0.399 e. The zero-order valence-electron chi connectivity index (χ0n) is 21.9. The van der Waals surface area contributed by atoms with Crippen molar-refractivity contribution in [2.45, 2.75) is 64.6 Å². The second-order valence-corrected chi connectivity index (χ2v) is 11.3. The van der Waals surface area contributed by atoms with Crippen molar-refractivity contribution in [1.29, 1.82) is 0 Å². The third-order valence-corrected chi connectivity index (χ3v) is 8.36. The molecule has 4 heteroatoms. The van der Waals surface area contributed by atoms with Gasteiger partial charge in [0.05, 0.1) is 16.7 Å². The third-order valence-electron chi connectivity index (χ3n) is 8.36. The molecule has 2 heterocycles. The molecule has 182 valence electrons. The van der Waals surface area contributed by atoms with Crippen molar-refractivity contribution in [2.24, 2.45) is 0 Å². The lowest BCUT2D eigenvalue weighted by atomic mass is 9.78. The molecule has 3 nitrogen and oxygen atoms in total. The molecule has 1 aromatic heterocycles. The number of hydrogen-bond acceptors (Lipinski definition) is 2. The van der Waals surface area contributed by atoms with Gasteiger partial charge in [-0.2, -0.15) is 0 Å². The highest BCUT2D eigenvalue weighted by Crippen LogP contribution is 2.41. The molecule has 0 spiro atoms. The zero-order chi connectivity index (χ0) is 25.1. The second-order valence-electron chi connectivity index (χ2n) is 11.3. The van der Waals surface area contributed by atoms with Gasteiger partial charge in [0.1, 0.15) is 0 Å². The van der Waals surface area contributed by atoms with Crippen LogP contribution < -0.4 is 5.46 Å². The molecular weight excluding hydrogens is 441 g/mol. The fourth-order valence-electron chi connectivity index (χ4n) is 5.55. The minimum Gasteiger partial charge on any atom is -0.399 e. The van der Waals surface area contributed by atoms with Crippen LogP contribution in [0.15, 0.2) is 78.9 Å². The van der Waals surface area contributed by atoms with E-state index < -0.39 is 0 Å². The van der Waals surface area contributed by atoms with Crippen LogP contribution in [0.25, 0.3) is 33.8 Å². The van der Waals surface area contributed by atoms with Crippen LogP contribution in [0.5, 0.6) is 0 Å². The van der Waals surface area contributed by atoms with Crippen molar-refractivity contribution in [3.05, 3.63) is 90.1 Å². The number of rotatable bonds is 3. The Morgan fingerprint density at radius 3 is 2.19 bits per heavy atom. The molecule has 1 aliphatic carbocycles. The van der Waals surface area contributed by atoms with Gasteiger partial charge in [-0.3, -0.25) is 0 Å². The largest absolute Gasteiger partial charge is 0.494 e. The lowest BCUT2D eigenvalue weighted by molar-refractivity contribution is 0.00578. The number of hydrogen-bond donors (Lipinski definition) is 0. The van der Waals surface area contributed by atoms with E-state index in [0.717, 1.165) is 11.9 Å². The van der Waals surface area contributed by atoms with Gasteiger partial charge in [0.15, 0.2) is 0 Å². The highest BCUT2D eigenvalue weighted by Gasteiger charge is 2.51. The predicted molar refractivity (Wildman–Crippen MR) is 151 cm³/mol. The van der Waals surface area contributed by atoms with E-state index in [1.807, 2.05) is 0 Å². The van der Waals surface area contributed by atoms with E-state index >= 15 is 0 Å². The molecule has 1 saturated heterocycles. The molecule has 1 unspecified atom stereocenters. The van der Waals surface area contributed by atoms with E-state index in [-0.39, 0.29) is 18.3 Å². The van der Waals surface area contributed by atoms with Gasteiger partial charge in [-0.25, -0.2) is 0 Å². The van der Waals surface area contributed by atoms with Gasteiger partial charge in [0.2, 0.25) is 0 Å². The van der Waals surface area contributed by atoms with Gasteiger partial charge < -0.3 is 13.9 Å². The van der Waals surface area contributed by atoms with Crippen molar-refractivity contribution >= 4 is 29.6 Å². The Kier molecular flexibility index (Phi) is 5.51. The van der Waals surface area contributed by atoms with Crippen molar-refractivity contribution in [3.8, 4) is 16.8 Å². The Balaban J connectivity index is 1.42. The summed E-state index contributed by atoms with van der Waals surface area (Å²) in [6.45, 7) is 10.7. The second kappa shape index (κ2) is 8.50. The number of benzene rings is 3. The Bertz CT molecular complexity index is 1430. The molecule has 1 atom stereocenters. The zero-order valence-corrected chi connectivity index (χ0v) is 21.9. The first kappa shape index (κ1) is 23.3. The molecule has 4 aromatic rings. The van der Waals surface area contributed by atoms with E-state index in [2.05, 4.69) is 124 Å². The molecule has 0 bridgehead atoms. The van der Waals surface area contributed by atoms with Crippen molar-refractivity contribution in [2.75, 3.05) is 0 Å². The number of allylic oxidation sites excluding steroid dienone is 1. The highest BCUT2D eigenvalue weighted by atomic mass is 16.7. The summed E-state index contributed by atoms with van der Waals surface area (Å²) in [6.07, 6.45) is 6.94. The lowest BCUT2D eigenvalue weighted by Crippen LogP contribution is -2.41. The Hall–Kier alpha value is -3.08. The third kappa shape index (κ3) is 3.75. The molecule has 0 amide bonds. The fourth-order valence-corrected chi connectivity index (χ4v) is 5.55. The molecule has 36 heavy (non-hydrogen) atoms. The summed E-state index contributed by atoms with van der Waals surface area (Å²) in [5.74, 6) is 0.503. The van der Waals surface area contributed by atoms with E-state index in [1.165, 1.54) is 45.4 Å². The molecule has 1 aliphatic heterocycles. The highest BCUT2D eigenvalue weighted by molar-refractivity contribution is 6.62. The van der Waals surface area contributed by atoms with Gasteiger partial charge in [-0.05, 0) is 98.9 Å². The van der Waals surface area contributed by atoms with Gasteiger partial charge in [-0.15, -0.1) is 0 Å². The average molecular weight is 475 g/mol. The first-order chi connectivity index (χ1) is 17.2. The first-order valence-corrected chi connectivity index (χ1v) is 13.1. The quantitative estimate of drug-likeness (QED) is 0.286. The summed E-state index contributed by atoms with van der Waals surface area (Å²) in [4.78, 5) is 0. The number of aromatic nitrogens is 1. The van der Waals surface area contributed by atoms with E-state index in [0.29, 0.717) is 5.92 Å². The molecule has 0 radical (unpaired) electrons. The van der Waals surface area contributed by atoms with E-state index in [1.54, 1.807) is 0 Å². The SMILES string of the molecule is CC1CCC=Cc2c1c1cc(-c3ccc(B4OC(C)(C)C(C)(C)O4)cc3)ccc1n2-c1ccccc1. The average Bonchev–Trinajstić information content (AvgIpc) is 3.21. The summed E-state index contributed by atoms with van der Waals surface area (Å²) < 4.78 is 14.9. The molecule has 6 rings (SSSR count). The van der Waals surface area contributed by atoms with Crippen molar-refractivity contribution in [3.63, 3.8) is 0 Å². The maximum atomic E-state index is 6.25. The first-order valence-electron chi connectivity index (χ1n) is 13.1. The van der Waals surface area contributed by atoms with Crippen LogP contribution in [-0.2, 0) is 9.31 Å². The van der Waals surface area contributed by atoms with Crippen molar-refractivity contribution in [1.82, 2.24) is 4.57 Å². The Labute approximate surface area is 214 Å². The summed E-state index contributed by atoms with van der Waals surface area (Å²) in [6, 6.07) is 26.3. The van der Waals surface area contributed by atoms with E-state index in [9.17, 15) is 0 Å². The lowest BCUT2D eigenvalue weighted by Gasteiger charge is -2.32. The van der Waals surface area contributed by atoms with Crippen LogP contribution in [0.1, 0.15) is 64.6 Å². The minimum atomic E-state index is -0.338. The summed E-state index contributed by atoms with van der Waals surface area (Å²) in [7, 11) is -0.338. The minimum absolute atomic E-state index is 0.337. The topological polar surface area (TPSA) is 23.4 Å². The standard InChI is InChI=1S/C32H34BNO2/c1-22-11-9-10-14-29-30(22)27-21-24(17-20-28(27)34(29)26-12-7-6-8-13-26)23-15-18-25(19-16-23)33-35-31(2,3)32(4,5)36-33/h6-8,10,12-22H,9,11H2,1-5H3. The summed E-state index contributed by atoms with van der Waals surface area (Å²) >= 11 is 0. The summed E-state index contributed by atoms with van der Waals surface area (Å²) in [5.41, 5.74) is 8.07. The van der Waals surface area contributed by atoms with Crippen LogP contribution in [0.2, 0.25) is 0 Å². The number of fused-ring (bicyclic) bond motifs is 3. The van der Waals surface area contributed by atoms with E-state index in [4.69, 9.17) is 9.31 Å². The maximum absolute atomic E-state index is 6.25. The predicted octanol–water partition coefficient (Wildman–Crippen LogP) is 7.51. The van der Waals surface area contributed by atoms with Crippen LogP contribution in [0.4, 0.5) is 0 Å². The molecule has 0 saturated carbocycles. The summed E-state index contributed by atoms with van der Waals surface area (Å²) in [5, 5.41) is 1.35. The molecule has 0 N–H and O–H groups in total.